The molecule has 0 aromatic carbocycles. The Morgan fingerprint density at radius 1 is 0.722 bits per heavy atom. The number of hydrogen-bond acceptors (Lipinski definition) is 2. The van der Waals surface area contributed by atoms with E-state index in [-0.39, 0.29) is 0 Å². The molecule has 0 aromatic heterocycles. The third kappa shape index (κ3) is 2.59. The highest BCUT2D eigenvalue weighted by atomic mass is 19.4. The zero-order chi connectivity index (χ0) is 14.6. The van der Waals surface area contributed by atoms with E-state index in [4.69, 9.17) is 0 Å². The topological polar surface area (TPSA) is 18.5 Å². The van der Waals surface area contributed by atoms with Gasteiger partial charge in [0.2, 0.25) is 0 Å². The van der Waals surface area contributed by atoms with Crippen LogP contribution in [0, 0.1) is 11.8 Å². The first kappa shape index (κ1) is 15.6. The highest BCUT2D eigenvalue weighted by molar-refractivity contribution is 5.14. The van der Waals surface area contributed by atoms with Crippen LogP contribution in [0.5, 0.6) is 0 Å². The van der Waals surface area contributed by atoms with Gasteiger partial charge in [-0.15, -0.1) is 26.3 Å². The van der Waals surface area contributed by atoms with Crippen LogP contribution in [0.3, 0.4) is 0 Å². The van der Waals surface area contributed by atoms with Gasteiger partial charge in [0.1, 0.15) is 0 Å². The van der Waals surface area contributed by atoms with Crippen molar-refractivity contribution in [2.45, 2.75) is 51.6 Å². The van der Waals surface area contributed by atoms with Gasteiger partial charge >= 0.3 is 12.7 Å². The summed E-state index contributed by atoms with van der Waals surface area (Å²) in [6.07, 6.45) is -9.78. The fourth-order valence-electron chi connectivity index (χ4n) is 2.64. The molecule has 1 fully saturated rings. The van der Waals surface area contributed by atoms with Gasteiger partial charge in [0.25, 0.3) is 0 Å². The molecule has 0 unspecified atom stereocenters. The zero-order valence-electron chi connectivity index (χ0n) is 10.2. The normalized spacial score (nSPS) is 41.7. The second-order valence-corrected chi connectivity index (χ2v) is 4.91. The summed E-state index contributed by atoms with van der Waals surface area (Å²) >= 11 is 0. The Kier molecular flexibility index (Phi) is 3.45. The van der Waals surface area contributed by atoms with Crippen molar-refractivity contribution in [2.24, 2.45) is 11.8 Å². The lowest BCUT2D eigenvalue weighted by Gasteiger charge is -2.62. The zero-order valence-corrected chi connectivity index (χ0v) is 10.2. The average Bonchev–Trinajstić information content (AvgIpc) is 2.09. The number of ether oxygens (including phenoxy) is 2. The number of alkyl halides is 6. The predicted octanol–water partition coefficient (Wildman–Crippen LogP) is 3.86. The van der Waals surface area contributed by atoms with E-state index < -0.39 is 35.8 Å². The van der Waals surface area contributed by atoms with Gasteiger partial charge in [-0.1, -0.05) is 13.8 Å². The number of rotatable bonds is 2. The van der Waals surface area contributed by atoms with E-state index >= 15 is 0 Å². The van der Waals surface area contributed by atoms with Crippen LogP contribution in [0.15, 0.2) is 0 Å². The van der Waals surface area contributed by atoms with Crippen LogP contribution in [-0.2, 0) is 9.47 Å². The van der Waals surface area contributed by atoms with Gasteiger partial charge in [0.15, 0.2) is 0 Å². The molecule has 8 heteroatoms. The number of hydrogen-bond donors (Lipinski definition) is 0. The first-order valence-electron chi connectivity index (χ1n) is 5.26. The third-order valence-electron chi connectivity index (χ3n) is 4.11. The monoisotopic (exact) mass is 280 g/mol. The van der Waals surface area contributed by atoms with Gasteiger partial charge in [-0.2, -0.15) is 0 Å². The largest absolute Gasteiger partial charge is 0.523 e. The molecule has 1 rings (SSSR count). The molecule has 2 nitrogen and oxygen atoms in total. The highest BCUT2D eigenvalue weighted by Crippen LogP contribution is 2.58. The number of halogens is 6. The van der Waals surface area contributed by atoms with Crippen molar-refractivity contribution < 1.29 is 35.8 Å². The highest BCUT2D eigenvalue weighted by Gasteiger charge is 2.69. The maximum Gasteiger partial charge on any atom is 0.523 e. The van der Waals surface area contributed by atoms with Crippen molar-refractivity contribution in [1.82, 2.24) is 0 Å². The van der Waals surface area contributed by atoms with Crippen LogP contribution in [0.2, 0.25) is 0 Å². The summed E-state index contributed by atoms with van der Waals surface area (Å²) in [5, 5.41) is 0. The molecule has 18 heavy (non-hydrogen) atoms. The lowest BCUT2D eigenvalue weighted by Crippen LogP contribution is -2.73. The minimum Gasteiger partial charge on any atom is -0.285 e. The molecule has 0 saturated heterocycles. The van der Waals surface area contributed by atoms with E-state index in [1.807, 2.05) is 0 Å². The van der Waals surface area contributed by atoms with Gasteiger partial charge in [-0.05, 0) is 13.8 Å². The van der Waals surface area contributed by atoms with Crippen LogP contribution in [-0.4, -0.2) is 23.9 Å². The Labute approximate surface area is 100 Å². The summed E-state index contributed by atoms with van der Waals surface area (Å²) in [7, 11) is 0. The second kappa shape index (κ2) is 4.00. The minimum atomic E-state index is -4.89. The van der Waals surface area contributed by atoms with E-state index in [1.165, 1.54) is 13.8 Å². The molecule has 0 atom stereocenters. The molecule has 1 aliphatic rings. The first-order chi connectivity index (χ1) is 7.72. The summed E-state index contributed by atoms with van der Waals surface area (Å²) in [5.74, 6) is -2.11. The Morgan fingerprint density at radius 3 is 1.11 bits per heavy atom. The Balaban J connectivity index is 2.88. The molecule has 0 spiro atoms. The van der Waals surface area contributed by atoms with Gasteiger partial charge < -0.3 is 0 Å². The standard InChI is InChI=1S/C10H14F6O2/c1-5-7(3,17-9(11,12)13)6(2)8(5,4)18-10(14,15)16/h5-6H,1-4H3. The Bertz CT molecular complexity index is 281. The summed E-state index contributed by atoms with van der Waals surface area (Å²) in [4.78, 5) is 0. The molecule has 0 aliphatic heterocycles. The molecular weight excluding hydrogens is 266 g/mol. The molecule has 1 aliphatic carbocycles. The SMILES string of the molecule is CC1C(C)(OC(F)(F)F)C(C)C1(C)OC(F)(F)F. The van der Waals surface area contributed by atoms with E-state index in [0.717, 1.165) is 13.8 Å². The van der Waals surface area contributed by atoms with Crippen LogP contribution >= 0.6 is 0 Å². The molecular formula is C10H14F6O2. The Morgan fingerprint density at radius 2 is 0.944 bits per heavy atom. The summed E-state index contributed by atoms with van der Waals surface area (Å²) in [6, 6.07) is 0. The van der Waals surface area contributed by atoms with E-state index in [1.54, 1.807) is 0 Å². The summed E-state index contributed by atoms with van der Waals surface area (Å²) in [6.45, 7) is 4.77. The smallest absolute Gasteiger partial charge is 0.285 e. The van der Waals surface area contributed by atoms with E-state index in [0.29, 0.717) is 0 Å². The third-order valence-corrected chi connectivity index (χ3v) is 4.11. The molecule has 0 radical (unpaired) electrons. The van der Waals surface area contributed by atoms with Crippen LogP contribution in [0.1, 0.15) is 27.7 Å². The maximum atomic E-state index is 12.2. The molecule has 0 amide bonds. The second-order valence-electron chi connectivity index (χ2n) is 4.91. The van der Waals surface area contributed by atoms with Gasteiger partial charge in [0, 0.05) is 11.8 Å². The molecule has 108 valence electrons. The minimum absolute atomic E-state index is 1.05. The van der Waals surface area contributed by atoms with E-state index in [2.05, 4.69) is 9.47 Å². The van der Waals surface area contributed by atoms with Crippen LogP contribution in [0.4, 0.5) is 26.3 Å². The fourth-order valence-corrected chi connectivity index (χ4v) is 2.64. The molecule has 0 aromatic rings. The fraction of sp³-hybridized carbons (Fsp3) is 1.00. The van der Waals surface area contributed by atoms with Gasteiger partial charge in [-0.25, -0.2) is 0 Å². The predicted molar refractivity (Wildman–Crippen MR) is 49.4 cm³/mol. The van der Waals surface area contributed by atoms with Crippen molar-refractivity contribution in [1.29, 1.82) is 0 Å². The molecule has 0 heterocycles. The quantitative estimate of drug-likeness (QED) is 0.715. The van der Waals surface area contributed by atoms with E-state index in [9.17, 15) is 26.3 Å². The van der Waals surface area contributed by atoms with Crippen LogP contribution in [0.25, 0.3) is 0 Å². The average molecular weight is 280 g/mol. The van der Waals surface area contributed by atoms with Crippen molar-refractivity contribution in [3.8, 4) is 0 Å². The van der Waals surface area contributed by atoms with Crippen LogP contribution < -0.4 is 0 Å². The lowest BCUT2D eigenvalue weighted by atomic mass is 9.53. The molecule has 0 bridgehead atoms. The molecule has 1 saturated carbocycles. The van der Waals surface area contributed by atoms with Crippen molar-refractivity contribution in [3.63, 3.8) is 0 Å². The maximum absolute atomic E-state index is 12.2. The van der Waals surface area contributed by atoms with Crippen molar-refractivity contribution in [3.05, 3.63) is 0 Å². The molecule has 0 N–H and O–H groups in total. The van der Waals surface area contributed by atoms with Gasteiger partial charge in [-0.3, -0.25) is 9.47 Å². The Hall–Kier alpha value is -0.500. The van der Waals surface area contributed by atoms with Crippen molar-refractivity contribution >= 4 is 0 Å². The lowest BCUT2D eigenvalue weighted by molar-refractivity contribution is -0.461. The first-order valence-corrected chi connectivity index (χ1v) is 5.26. The summed E-state index contributed by atoms with van der Waals surface area (Å²) in [5.41, 5.74) is -3.45. The van der Waals surface area contributed by atoms with Gasteiger partial charge in [0.05, 0.1) is 11.2 Å². The van der Waals surface area contributed by atoms with Crippen molar-refractivity contribution in [2.75, 3.05) is 0 Å². The summed E-state index contributed by atoms with van der Waals surface area (Å²) < 4.78 is 81.2.